The Morgan fingerprint density at radius 2 is 1.05 bits per heavy atom. The molecule has 0 heterocycles. The van der Waals surface area contributed by atoms with Crippen molar-refractivity contribution in [2.45, 2.75) is 52.9 Å². The Labute approximate surface area is 143 Å². The van der Waals surface area contributed by atoms with E-state index in [-0.39, 0.29) is 50.6 Å². The van der Waals surface area contributed by atoms with Gasteiger partial charge in [-0.1, -0.05) is 20.8 Å². The van der Waals surface area contributed by atoms with E-state index in [0.29, 0.717) is 6.61 Å². The number of Topliss-reactive ketones (excluding diaryl/α,β-unsaturated/α-hetero) is 2. The second-order valence-corrected chi connectivity index (χ2v) is 3.61. The van der Waals surface area contributed by atoms with Crippen LogP contribution in [0.4, 0.5) is 0 Å². The van der Waals surface area contributed by atoms with Gasteiger partial charge in [0, 0.05) is 44.2 Å². The smallest absolute Gasteiger partial charge is 0.550 e. The molecule has 0 aliphatic rings. The minimum absolute atomic E-state index is 0. The van der Waals surface area contributed by atoms with Crippen LogP contribution in [-0.4, -0.2) is 35.2 Å². The average molecular weight is 382 g/mol. The molecule has 8 heteroatoms. The van der Waals surface area contributed by atoms with Crippen LogP contribution in [0.1, 0.15) is 52.9 Å². The molecule has 7 nitrogen and oxygen atoms in total. The molecule has 0 aliphatic heterocycles. The molecule has 0 amide bonds. The Bertz CT molecular complexity index is 273. The second-order valence-electron chi connectivity index (χ2n) is 3.61. The van der Waals surface area contributed by atoms with Gasteiger partial charge in [0.15, 0.2) is 0 Å². The van der Waals surface area contributed by atoms with Crippen LogP contribution in [0.5, 0.6) is 0 Å². The molecule has 120 valence electrons. The summed E-state index contributed by atoms with van der Waals surface area (Å²) in [4.78, 5) is 39.7. The fraction of sp³-hybridized carbons (Fsp3) is 0.692. The molecule has 0 radical (unpaired) electrons. The van der Waals surface area contributed by atoms with Crippen molar-refractivity contribution in [2.24, 2.45) is 0 Å². The van der Waals surface area contributed by atoms with Gasteiger partial charge in [-0.25, -0.2) is 0 Å². The Kier molecular flexibility index (Phi) is 28.9. The van der Waals surface area contributed by atoms with Gasteiger partial charge in [0.2, 0.25) is 0 Å². The number of carboxylic acids is 2. The zero-order chi connectivity index (χ0) is 16.6. The first kappa shape index (κ1) is 28.3. The van der Waals surface area contributed by atoms with Gasteiger partial charge in [0.05, 0.1) is 0 Å². The van der Waals surface area contributed by atoms with Crippen LogP contribution >= 0.6 is 0 Å². The summed E-state index contributed by atoms with van der Waals surface area (Å²) in [5.74, 6) is -3.16. The number of hydrogen-bond acceptors (Lipinski definition) is 7. The van der Waals surface area contributed by atoms with E-state index in [1.54, 1.807) is 13.8 Å². The molecule has 0 saturated heterocycles. The predicted octanol–water partition coefficient (Wildman–Crippen LogP) is -1.40. The van der Waals surface area contributed by atoms with Crippen molar-refractivity contribution in [3.05, 3.63) is 0 Å². The molecule has 0 spiro atoms. The van der Waals surface area contributed by atoms with Gasteiger partial charge in [-0.3, -0.25) is 9.59 Å². The summed E-state index contributed by atoms with van der Waals surface area (Å²) in [5, 5.41) is 27.1. The molecule has 0 aromatic carbocycles. The van der Waals surface area contributed by atoms with Gasteiger partial charge in [-0.15, -0.1) is 0 Å². The van der Waals surface area contributed by atoms with Gasteiger partial charge in [0.25, 0.3) is 0 Å². The maximum atomic E-state index is 10.2. The van der Waals surface area contributed by atoms with E-state index in [9.17, 15) is 29.4 Å². The molecular weight excluding hydrogens is 359 g/mol. The van der Waals surface area contributed by atoms with Crippen LogP contribution in [0.15, 0.2) is 0 Å². The van der Waals surface area contributed by atoms with Crippen LogP contribution in [-0.2, 0) is 45.4 Å². The summed E-state index contributed by atoms with van der Waals surface area (Å²) < 4.78 is 0. The molecule has 0 aromatic rings. The molecule has 21 heavy (non-hydrogen) atoms. The predicted molar refractivity (Wildman–Crippen MR) is 67.2 cm³/mol. The Hall–Kier alpha value is -0.877. The third-order valence-corrected chi connectivity index (χ3v) is 1.70. The maximum Gasteiger partial charge on any atom is 2.00 e. The SMILES string of the molecule is CCC(=O)CC(=O)[O-].CCC(=O)CC(=O)[O-].CCCO.[Zr+2]. The van der Waals surface area contributed by atoms with Crippen molar-refractivity contribution in [2.75, 3.05) is 6.61 Å². The van der Waals surface area contributed by atoms with E-state index in [4.69, 9.17) is 5.11 Å². The van der Waals surface area contributed by atoms with E-state index in [2.05, 4.69) is 0 Å². The van der Waals surface area contributed by atoms with Gasteiger partial charge >= 0.3 is 26.2 Å². The maximum absolute atomic E-state index is 10.2. The molecule has 0 fully saturated rings. The first-order valence-corrected chi connectivity index (χ1v) is 6.28. The number of ketones is 2. The monoisotopic (exact) mass is 380 g/mol. The number of aliphatic carboxylic acids is 2. The van der Waals surface area contributed by atoms with E-state index in [1.165, 1.54) is 0 Å². The number of rotatable bonds is 7. The molecule has 0 saturated carbocycles. The minimum Gasteiger partial charge on any atom is -0.550 e. The van der Waals surface area contributed by atoms with Crippen molar-refractivity contribution in [1.82, 2.24) is 0 Å². The van der Waals surface area contributed by atoms with Crippen LogP contribution in [0.25, 0.3) is 0 Å². The molecule has 1 N–H and O–H groups in total. The van der Waals surface area contributed by atoms with Gasteiger partial charge in [-0.2, -0.15) is 0 Å². The molecule has 0 unspecified atom stereocenters. The normalized spacial score (nSPS) is 8.00. The van der Waals surface area contributed by atoms with E-state index in [0.717, 1.165) is 6.42 Å². The van der Waals surface area contributed by atoms with Crippen molar-refractivity contribution in [3.63, 3.8) is 0 Å². The molecule has 0 bridgehead atoms. The van der Waals surface area contributed by atoms with Crippen LogP contribution in [0.3, 0.4) is 0 Å². The van der Waals surface area contributed by atoms with Crippen molar-refractivity contribution >= 4 is 23.5 Å². The third kappa shape index (κ3) is 38.2. The largest absolute Gasteiger partial charge is 2.00 e. The van der Waals surface area contributed by atoms with Gasteiger partial charge in [-0.05, 0) is 6.42 Å². The first-order valence-electron chi connectivity index (χ1n) is 6.28. The van der Waals surface area contributed by atoms with Crippen molar-refractivity contribution in [1.29, 1.82) is 0 Å². The van der Waals surface area contributed by atoms with Crippen molar-refractivity contribution < 1.29 is 60.7 Å². The zero-order valence-electron chi connectivity index (χ0n) is 12.6. The van der Waals surface area contributed by atoms with E-state index >= 15 is 0 Å². The van der Waals surface area contributed by atoms with E-state index in [1.807, 2.05) is 6.92 Å². The Morgan fingerprint density at radius 3 is 1.10 bits per heavy atom. The Balaban J connectivity index is -0.000000107. The molecule has 0 aromatic heterocycles. The second kappa shape index (κ2) is 21.4. The topological polar surface area (TPSA) is 135 Å². The first-order chi connectivity index (χ1) is 9.24. The summed E-state index contributed by atoms with van der Waals surface area (Å²) in [6.07, 6.45) is 0.523. The third-order valence-electron chi connectivity index (χ3n) is 1.70. The fourth-order valence-corrected chi connectivity index (χ4v) is 0.572. The molecule has 0 aliphatic carbocycles. The molecule has 0 atom stereocenters. The number of aliphatic hydroxyl groups excluding tert-OH is 1. The van der Waals surface area contributed by atoms with Crippen molar-refractivity contribution in [3.8, 4) is 0 Å². The number of carbonyl (C=O) groups is 4. The Morgan fingerprint density at radius 1 is 0.810 bits per heavy atom. The minimum atomic E-state index is -1.29. The van der Waals surface area contributed by atoms with Gasteiger partial charge < -0.3 is 24.9 Å². The number of carboxylic acid groups (broad SMARTS) is 2. The average Bonchev–Trinajstić information content (AvgIpc) is 2.38. The summed E-state index contributed by atoms with van der Waals surface area (Å²) in [5.41, 5.74) is 0. The zero-order valence-corrected chi connectivity index (χ0v) is 15.1. The summed E-state index contributed by atoms with van der Waals surface area (Å²) in [7, 11) is 0. The van der Waals surface area contributed by atoms with Crippen LogP contribution in [0, 0.1) is 0 Å². The molecule has 0 rings (SSSR count). The van der Waals surface area contributed by atoms with Crippen LogP contribution < -0.4 is 10.2 Å². The number of carbonyl (C=O) groups excluding carboxylic acids is 4. The molecular formula is C13H22O7Zr. The quantitative estimate of drug-likeness (QED) is 0.536. The van der Waals surface area contributed by atoms with Gasteiger partial charge in [0.1, 0.15) is 11.6 Å². The number of aliphatic hydroxyl groups is 1. The summed E-state index contributed by atoms with van der Waals surface area (Å²) >= 11 is 0. The van der Waals surface area contributed by atoms with Crippen LogP contribution in [0.2, 0.25) is 0 Å². The fourth-order valence-electron chi connectivity index (χ4n) is 0.572. The summed E-state index contributed by atoms with van der Waals surface area (Å²) in [6, 6.07) is 0. The number of hydrogen-bond donors (Lipinski definition) is 1. The summed E-state index contributed by atoms with van der Waals surface area (Å²) in [6.45, 7) is 5.48. The standard InChI is InChI=1S/2C5H8O3.C3H8O.Zr/c2*1-2-4(6)3-5(7)8;1-2-3-4;/h2*2-3H2,1H3,(H,7,8);4H,2-3H2,1H3;/q;;;+2/p-2. The van der Waals surface area contributed by atoms with E-state index < -0.39 is 24.8 Å².